The van der Waals surface area contributed by atoms with Crippen molar-refractivity contribution in [2.24, 2.45) is 0 Å². The molecule has 2 nitrogen and oxygen atoms in total. The summed E-state index contributed by atoms with van der Waals surface area (Å²) >= 11 is 0. The van der Waals surface area contributed by atoms with E-state index in [2.05, 4.69) is 17.9 Å². The molecule has 0 saturated carbocycles. The maximum atomic E-state index is 5.14. The fourth-order valence-electron chi connectivity index (χ4n) is 1.16. The maximum Gasteiger partial charge on any atom is 0.210 e. The van der Waals surface area contributed by atoms with Gasteiger partial charge in [0.2, 0.25) is 6.26 Å². The van der Waals surface area contributed by atoms with E-state index >= 15 is 0 Å². The Hall–Kier alpha value is -1.70. The van der Waals surface area contributed by atoms with Crippen molar-refractivity contribution in [2.75, 3.05) is 0 Å². The lowest BCUT2D eigenvalue weighted by Crippen LogP contribution is -1.98. The lowest BCUT2D eigenvalue weighted by molar-refractivity contribution is 0.0476. The van der Waals surface area contributed by atoms with Gasteiger partial charge in [-0.3, -0.25) is 0 Å². The molecule has 0 spiro atoms. The lowest BCUT2D eigenvalue weighted by Gasteiger charge is -2.06. The zero-order chi connectivity index (χ0) is 10.2. The molecule has 0 atom stereocenters. The Morgan fingerprint density at radius 3 is 2.57 bits per heavy atom. The average Bonchev–Trinajstić information content (AvgIpc) is 2.24. The summed E-state index contributed by atoms with van der Waals surface area (Å²) in [6.45, 7) is 8.26. The van der Waals surface area contributed by atoms with E-state index in [0.717, 1.165) is 11.1 Å². The maximum absolute atomic E-state index is 5.14. The first-order chi connectivity index (χ1) is 6.88. The summed E-state index contributed by atoms with van der Waals surface area (Å²) in [5.41, 5.74) is 2.30. The van der Waals surface area contributed by atoms with E-state index in [1.54, 1.807) is 6.26 Å². The molecule has 0 unspecified atom stereocenters. The SMILES string of the molecule is C=COCc1ccccc1C[OH+]C=C. The third kappa shape index (κ3) is 2.98. The standard InChI is InChI=1S/C12H14O2/c1-3-13-9-11-7-5-6-8-12(11)10-14-4-2/h3-8H,1-2,9-10H2/p+1. The van der Waals surface area contributed by atoms with Crippen LogP contribution in [0.5, 0.6) is 0 Å². The Morgan fingerprint density at radius 1 is 1.21 bits per heavy atom. The average molecular weight is 191 g/mol. The van der Waals surface area contributed by atoms with Crippen molar-refractivity contribution in [1.82, 2.24) is 0 Å². The van der Waals surface area contributed by atoms with Crippen LogP contribution in [0.15, 0.2) is 49.9 Å². The molecule has 0 fully saturated rings. The fraction of sp³-hybridized carbons (Fsp3) is 0.167. The highest BCUT2D eigenvalue weighted by Gasteiger charge is 2.02. The molecule has 0 aliphatic heterocycles. The molecule has 0 radical (unpaired) electrons. The molecule has 0 aliphatic carbocycles. The molecule has 0 saturated heterocycles. The lowest BCUT2D eigenvalue weighted by atomic mass is 10.1. The molecule has 74 valence electrons. The van der Waals surface area contributed by atoms with Crippen LogP contribution in [0.4, 0.5) is 0 Å². The van der Waals surface area contributed by atoms with Crippen LogP contribution < -0.4 is 0 Å². The van der Waals surface area contributed by atoms with Gasteiger partial charge in [-0.25, -0.2) is 0 Å². The zero-order valence-corrected chi connectivity index (χ0v) is 8.15. The van der Waals surface area contributed by atoms with Gasteiger partial charge in [-0.05, 0) is 12.6 Å². The molecule has 0 bridgehead atoms. The number of ether oxygens (including phenoxy) is 2. The molecule has 0 aromatic heterocycles. The molecule has 0 heterocycles. The summed E-state index contributed by atoms with van der Waals surface area (Å²) in [4.78, 5) is 0. The van der Waals surface area contributed by atoms with Gasteiger partial charge in [0.05, 0.1) is 6.26 Å². The Labute approximate surface area is 84.5 Å². The molecular formula is C12H15O2+. The van der Waals surface area contributed by atoms with Crippen molar-refractivity contribution in [3.63, 3.8) is 0 Å². The molecule has 1 N–H and O–H groups in total. The Kier molecular flexibility index (Phi) is 4.35. The van der Waals surface area contributed by atoms with Crippen LogP contribution >= 0.6 is 0 Å². The van der Waals surface area contributed by atoms with Crippen LogP contribution in [0.3, 0.4) is 0 Å². The van der Waals surface area contributed by atoms with Crippen LogP contribution in [-0.4, -0.2) is 4.74 Å². The minimum atomic E-state index is 0.548. The highest BCUT2D eigenvalue weighted by molar-refractivity contribution is 5.25. The summed E-state index contributed by atoms with van der Waals surface area (Å²) in [5.74, 6) is 0. The van der Waals surface area contributed by atoms with E-state index < -0.39 is 0 Å². The zero-order valence-electron chi connectivity index (χ0n) is 8.15. The van der Waals surface area contributed by atoms with E-state index in [1.165, 1.54) is 6.26 Å². The van der Waals surface area contributed by atoms with Crippen LogP contribution in [0.2, 0.25) is 0 Å². The summed E-state index contributed by atoms with van der Waals surface area (Å²) in [5, 5.41) is 0. The third-order valence-electron chi connectivity index (χ3n) is 1.87. The van der Waals surface area contributed by atoms with Gasteiger partial charge < -0.3 is 9.47 Å². The van der Waals surface area contributed by atoms with Crippen molar-refractivity contribution >= 4 is 0 Å². The van der Waals surface area contributed by atoms with E-state index in [1.807, 2.05) is 24.3 Å². The smallest absolute Gasteiger partial charge is 0.210 e. The van der Waals surface area contributed by atoms with Crippen LogP contribution in [0.25, 0.3) is 0 Å². The van der Waals surface area contributed by atoms with Crippen LogP contribution in [-0.2, 0) is 18.0 Å². The number of aliphatic hydroxyl groups is 2. The Morgan fingerprint density at radius 2 is 1.93 bits per heavy atom. The van der Waals surface area contributed by atoms with E-state index in [9.17, 15) is 0 Å². The van der Waals surface area contributed by atoms with Gasteiger partial charge in [-0.15, -0.1) is 0 Å². The van der Waals surface area contributed by atoms with Crippen LogP contribution in [0.1, 0.15) is 11.1 Å². The topological polar surface area (TPSA) is 22.0 Å². The first-order valence-electron chi connectivity index (χ1n) is 4.45. The second kappa shape index (κ2) is 5.86. The quantitative estimate of drug-likeness (QED) is 0.500. The van der Waals surface area contributed by atoms with Gasteiger partial charge in [0.1, 0.15) is 6.61 Å². The van der Waals surface area contributed by atoms with Crippen LogP contribution in [0, 0.1) is 0 Å². The molecule has 14 heavy (non-hydrogen) atoms. The largest absolute Gasteiger partial charge is 0.585 e. The highest BCUT2D eigenvalue weighted by atomic mass is 16.5. The fourth-order valence-corrected chi connectivity index (χ4v) is 1.16. The molecule has 1 aromatic rings. The van der Waals surface area contributed by atoms with E-state index in [4.69, 9.17) is 4.74 Å². The summed E-state index contributed by atoms with van der Waals surface area (Å²) in [6.07, 6.45) is 3.01. The summed E-state index contributed by atoms with van der Waals surface area (Å²) in [6, 6.07) is 8.04. The third-order valence-corrected chi connectivity index (χ3v) is 1.87. The van der Waals surface area contributed by atoms with Crippen molar-refractivity contribution in [3.8, 4) is 0 Å². The van der Waals surface area contributed by atoms with E-state index in [-0.39, 0.29) is 0 Å². The van der Waals surface area contributed by atoms with Crippen molar-refractivity contribution < 1.29 is 9.47 Å². The molecule has 2 heteroatoms. The van der Waals surface area contributed by atoms with Gasteiger partial charge in [0.25, 0.3) is 0 Å². The molecule has 0 amide bonds. The minimum Gasteiger partial charge on any atom is -0.585 e. The monoisotopic (exact) mass is 191 g/mol. The van der Waals surface area contributed by atoms with E-state index in [0.29, 0.717) is 13.2 Å². The molecule has 1 rings (SSSR count). The second-order valence-electron chi connectivity index (χ2n) is 2.77. The number of benzene rings is 1. The Bertz CT molecular complexity index is 274. The van der Waals surface area contributed by atoms with Crippen molar-refractivity contribution in [1.29, 1.82) is 0 Å². The predicted molar refractivity (Wildman–Crippen MR) is 57.5 cm³/mol. The Balaban J connectivity index is 2.68. The van der Waals surface area contributed by atoms with Crippen molar-refractivity contribution in [2.45, 2.75) is 13.2 Å². The van der Waals surface area contributed by atoms with Gasteiger partial charge in [-0.1, -0.05) is 24.8 Å². The molecule has 1 aromatic carbocycles. The van der Waals surface area contributed by atoms with Gasteiger partial charge in [0, 0.05) is 11.1 Å². The number of hydrogen-bond donors (Lipinski definition) is 0. The first-order valence-corrected chi connectivity index (χ1v) is 4.45. The van der Waals surface area contributed by atoms with Gasteiger partial charge in [0.15, 0.2) is 6.61 Å². The summed E-state index contributed by atoms with van der Waals surface area (Å²) in [7, 11) is 0. The number of rotatable bonds is 6. The normalized spacial score (nSPS) is 9.14. The molecular weight excluding hydrogens is 176 g/mol. The van der Waals surface area contributed by atoms with Crippen molar-refractivity contribution in [3.05, 3.63) is 61.1 Å². The molecule has 0 aliphatic rings. The number of hydrogen-bond acceptors (Lipinski definition) is 1. The minimum absolute atomic E-state index is 0.548. The summed E-state index contributed by atoms with van der Waals surface area (Å²) < 4.78 is 9.23. The van der Waals surface area contributed by atoms with Gasteiger partial charge in [-0.2, -0.15) is 0 Å². The first kappa shape index (κ1) is 10.4. The van der Waals surface area contributed by atoms with Gasteiger partial charge >= 0.3 is 0 Å². The predicted octanol–water partition coefficient (Wildman–Crippen LogP) is 2.52. The second-order valence-corrected chi connectivity index (χ2v) is 2.77. The highest BCUT2D eigenvalue weighted by Crippen LogP contribution is 2.10.